The molecule has 4 rings (SSSR count). The Morgan fingerprint density at radius 3 is 2.65 bits per heavy atom. The van der Waals surface area contributed by atoms with Gasteiger partial charge in [-0.3, -0.25) is 4.79 Å². The van der Waals surface area contributed by atoms with Gasteiger partial charge in [-0.15, -0.1) is 11.3 Å². The number of nitrogens with zero attached hydrogens (tertiary/aromatic N) is 5. The highest BCUT2D eigenvalue weighted by Crippen LogP contribution is 2.36. The van der Waals surface area contributed by atoms with Crippen LogP contribution in [0.5, 0.6) is 5.88 Å². The van der Waals surface area contributed by atoms with Crippen LogP contribution in [0.3, 0.4) is 0 Å². The molecule has 0 aromatic carbocycles. The summed E-state index contributed by atoms with van der Waals surface area (Å²) in [6.45, 7) is 1.64. The lowest BCUT2D eigenvalue weighted by Crippen LogP contribution is -2.28. The number of anilines is 3. The molecule has 0 saturated carbocycles. The van der Waals surface area contributed by atoms with Crippen molar-refractivity contribution >= 4 is 57.8 Å². The number of aliphatic hydroxyl groups excluding tert-OH is 1. The van der Waals surface area contributed by atoms with Crippen LogP contribution >= 0.6 is 34.5 Å². The van der Waals surface area contributed by atoms with Crippen molar-refractivity contribution < 1.29 is 27.8 Å². The largest absolute Gasteiger partial charge is 0.480 e. The minimum absolute atomic E-state index is 0.0498. The van der Waals surface area contributed by atoms with Crippen LogP contribution in [0.2, 0.25) is 10.0 Å². The highest BCUT2D eigenvalue weighted by atomic mass is 35.5. The number of carbonyl (C=O) groups excluding carboxylic acids is 1. The molecule has 4 aromatic rings. The Labute approximate surface area is 238 Å². The van der Waals surface area contributed by atoms with Gasteiger partial charge < -0.3 is 25.8 Å². The summed E-state index contributed by atoms with van der Waals surface area (Å²) in [6.07, 6.45) is -1.26. The molecular weight excluding hydrogens is 596 g/mol. The number of hydrogen-bond acceptors (Lipinski definition) is 11. The van der Waals surface area contributed by atoms with Crippen molar-refractivity contribution in [3.05, 3.63) is 74.3 Å². The highest BCUT2D eigenvalue weighted by Gasteiger charge is 2.34. The molecule has 0 aliphatic heterocycles. The maximum absolute atomic E-state index is 13.1. The Morgan fingerprint density at radius 2 is 1.93 bits per heavy atom. The van der Waals surface area contributed by atoms with Crippen LogP contribution in [0.4, 0.5) is 30.5 Å². The second kappa shape index (κ2) is 12.2. The number of carbonyl (C=O) groups is 1. The number of aliphatic hydroxyl groups is 1. The summed E-state index contributed by atoms with van der Waals surface area (Å²) in [5.41, 5.74) is -0.737. The first-order chi connectivity index (χ1) is 19.0. The Bertz CT molecular complexity index is 1520. The van der Waals surface area contributed by atoms with E-state index < -0.39 is 34.9 Å². The van der Waals surface area contributed by atoms with E-state index in [-0.39, 0.29) is 27.2 Å². The fourth-order valence-electron chi connectivity index (χ4n) is 3.29. The van der Waals surface area contributed by atoms with E-state index in [9.17, 15) is 23.1 Å². The average molecular weight is 615 g/mol. The molecule has 4 N–H and O–H groups in total. The molecule has 40 heavy (non-hydrogen) atoms. The molecule has 210 valence electrons. The van der Waals surface area contributed by atoms with Gasteiger partial charge in [-0.1, -0.05) is 23.2 Å². The molecular formula is C23H19Cl2F3N8O3S. The maximum atomic E-state index is 13.1. The molecule has 0 aliphatic rings. The first-order valence-electron chi connectivity index (χ1n) is 11.2. The Kier molecular flexibility index (Phi) is 8.88. The van der Waals surface area contributed by atoms with E-state index in [2.05, 4.69) is 40.9 Å². The molecule has 0 bridgehead atoms. The maximum Gasteiger partial charge on any atom is 0.418 e. The van der Waals surface area contributed by atoms with Gasteiger partial charge in [0, 0.05) is 18.6 Å². The van der Waals surface area contributed by atoms with Gasteiger partial charge in [0.15, 0.2) is 17.7 Å². The third-order valence-corrected chi connectivity index (χ3v) is 7.09. The molecule has 17 heteroatoms. The van der Waals surface area contributed by atoms with Crippen molar-refractivity contribution in [3.63, 3.8) is 0 Å². The lowest BCUT2D eigenvalue weighted by Gasteiger charge is -2.15. The Hall–Kier alpha value is -3.79. The second-order valence-electron chi connectivity index (χ2n) is 7.96. The van der Waals surface area contributed by atoms with Crippen molar-refractivity contribution in [3.8, 4) is 5.88 Å². The number of amides is 1. The Balaban J connectivity index is 1.44. The van der Waals surface area contributed by atoms with Gasteiger partial charge in [0.25, 0.3) is 5.91 Å². The summed E-state index contributed by atoms with van der Waals surface area (Å²) < 4.78 is 44.5. The number of pyridine rings is 2. The minimum atomic E-state index is -4.69. The number of rotatable bonds is 9. The van der Waals surface area contributed by atoms with E-state index in [1.165, 1.54) is 13.3 Å². The minimum Gasteiger partial charge on any atom is -0.480 e. The zero-order chi connectivity index (χ0) is 29.0. The van der Waals surface area contributed by atoms with Crippen molar-refractivity contribution in [2.24, 2.45) is 0 Å². The fraction of sp³-hybridized carbons (Fsp3) is 0.217. The topological polar surface area (TPSA) is 147 Å². The van der Waals surface area contributed by atoms with E-state index in [4.69, 9.17) is 27.9 Å². The summed E-state index contributed by atoms with van der Waals surface area (Å²) in [4.78, 5) is 33.3. The molecule has 2 atom stereocenters. The number of alkyl halides is 3. The standard InChI is InChI=1S/C23H19Cl2F3N8O3S/c1-10(22-31-8-14(40-22)19(37)36-15-6-11(23(26,27)28)12(24)7-30-15)34-20(38)17-16(25)18(33-9-32-17)35-13-4-3-5-29-21(13)39-2/h3-10,19,37H,1-2H3,(H,30,36)(H,34,38)(H,32,33,35). The summed E-state index contributed by atoms with van der Waals surface area (Å²) in [6, 6.07) is 3.41. The molecule has 0 fully saturated rings. The first-order valence-corrected chi connectivity index (χ1v) is 12.8. The van der Waals surface area contributed by atoms with Crippen LogP contribution in [0.15, 0.2) is 43.1 Å². The van der Waals surface area contributed by atoms with Crippen molar-refractivity contribution in [1.29, 1.82) is 0 Å². The van der Waals surface area contributed by atoms with Crippen molar-refractivity contribution in [1.82, 2.24) is 30.2 Å². The zero-order valence-corrected chi connectivity index (χ0v) is 22.8. The molecule has 1 amide bonds. The normalized spacial score (nSPS) is 12.9. The quantitative estimate of drug-likeness (QED) is 0.181. The SMILES string of the molecule is COc1ncccc1Nc1ncnc(C(=O)NC(C)c2ncc(C(O)Nc3cc(C(F)(F)F)c(Cl)cn3)s2)c1Cl. The van der Waals surface area contributed by atoms with Gasteiger partial charge in [0.1, 0.15) is 27.9 Å². The van der Waals surface area contributed by atoms with E-state index in [1.54, 1.807) is 25.3 Å². The average Bonchev–Trinajstić information content (AvgIpc) is 3.41. The number of aromatic nitrogens is 5. The lowest BCUT2D eigenvalue weighted by molar-refractivity contribution is -0.137. The van der Waals surface area contributed by atoms with E-state index >= 15 is 0 Å². The molecule has 0 radical (unpaired) electrons. The highest BCUT2D eigenvalue weighted by molar-refractivity contribution is 7.11. The van der Waals surface area contributed by atoms with Crippen LogP contribution < -0.4 is 20.7 Å². The van der Waals surface area contributed by atoms with E-state index in [1.807, 2.05) is 0 Å². The number of ether oxygens (including phenoxy) is 1. The number of methoxy groups -OCH3 is 1. The third-order valence-electron chi connectivity index (χ3n) is 5.20. The van der Waals surface area contributed by atoms with E-state index in [0.717, 1.165) is 23.9 Å². The predicted molar refractivity (Wildman–Crippen MR) is 142 cm³/mol. The van der Waals surface area contributed by atoms with Crippen LogP contribution in [0, 0.1) is 0 Å². The summed E-state index contributed by atoms with van der Waals surface area (Å²) in [5, 5.41) is 18.4. The summed E-state index contributed by atoms with van der Waals surface area (Å²) in [5.74, 6) is -0.425. The molecule has 2 unspecified atom stereocenters. The second-order valence-corrected chi connectivity index (χ2v) is 9.84. The van der Waals surface area contributed by atoms with Gasteiger partial charge >= 0.3 is 6.18 Å². The van der Waals surface area contributed by atoms with Gasteiger partial charge in [-0.2, -0.15) is 13.2 Å². The molecule has 4 aromatic heterocycles. The van der Waals surface area contributed by atoms with E-state index in [0.29, 0.717) is 22.6 Å². The Morgan fingerprint density at radius 1 is 1.15 bits per heavy atom. The van der Waals surface area contributed by atoms with Gasteiger partial charge in [0.05, 0.1) is 28.6 Å². The van der Waals surface area contributed by atoms with Crippen LogP contribution in [-0.4, -0.2) is 43.0 Å². The van der Waals surface area contributed by atoms with Gasteiger partial charge in [-0.25, -0.2) is 24.9 Å². The summed E-state index contributed by atoms with van der Waals surface area (Å²) >= 11 is 13.0. The van der Waals surface area contributed by atoms with Crippen LogP contribution in [-0.2, 0) is 6.18 Å². The monoisotopic (exact) mass is 614 g/mol. The summed E-state index contributed by atoms with van der Waals surface area (Å²) in [7, 11) is 1.45. The fourth-order valence-corrected chi connectivity index (χ4v) is 4.59. The van der Waals surface area contributed by atoms with Gasteiger partial charge in [-0.05, 0) is 25.1 Å². The van der Waals surface area contributed by atoms with Crippen LogP contribution in [0.25, 0.3) is 0 Å². The van der Waals surface area contributed by atoms with Crippen molar-refractivity contribution in [2.75, 3.05) is 17.7 Å². The molecule has 11 nitrogen and oxygen atoms in total. The molecule has 0 aliphatic carbocycles. The van der Waals surface area contributed by atoms with Gasteiger partial charge in [0.2, 0.25) is 5.88 Å². The molecule has 0 saturated heterocycles. The molecule has 0 spiro atoms. The molecule has 4 heterocycles. The predicted octanol–water partition coefficient (Wildman–Crippen LogP) is 5.39. The smallest absolute Gasteiger partial charge is 0.418 e. The first kappa shape index (κ1) is 29.2. The number of thiazole rings is 1. The lowest BCUT2D eigenvalue weighted by atomic mass is 10.2. The zero-order valence-electron chi connectivity index (χ0n) is 20.5. The van der Waals surface area contributed by atoms with Crippen molar-refractivity contribution in [2.45, 2.75) is 25.4 Å². The number of halogens is 5. The third kappa shape index (κ3) is 6.67. The van der Waals surface area contributed by atoms with Crippen LogP contribution in [0.1, 0.15) is 45.1 Å². The number of hydrogen-bond donors (Lipinski definition) is 4. The number of nitrogens with one attached hydrogen (secondary N) is 3.